The van der Waals surface area contributed by atoms with Crippen molar-refractivity contribution in [1.29, 1.82) is 0 Å². The smallest absolute Gasteiger partial charge is 0.228 e. The molecule has 15 heavy (non-hydrogen) atoms. The van der Waals surface area contributed by atoms with Crippen LogP contribution in [0, 0.1) is 5.41 Å². The van der Waals surface area contributed by atoms with E-state index in [1.165, 1.54) is 0 Å². The third-order valence-electron chi connectivity index (χ3n) is 2.49. The molecule has 0 unspecified atom stereocenters. The zero-order valence-corrected chi connectivity index (χ0v) is 10.1. The number of hydrogen-bond acceptors (Lipinski definition) is 3. The number of methoxy groups -OCH3 is 1. The fourth-order valence-electron chi connectivity index (χ4n) is 1.68. The van der Waals surface area contributed by atoms with Gasteiger partial charge in [0.1, 0.15) is 0 Å². The van der Waals surface area contributed by atoms with Crippen LogP contribution >= 0.6 is 0 Å². The van der Waals surface area contributed by atoms with Crippen molar-refractivity contribution in [3.8, 4) is 0 Å². The summed E-state index contributed by atoms with van der Waals surface area (Å²) in [7, 11) is 1.65. The zero-order valence-electron chi connectivity index (χ0n) is 10.1. The number of amides is 1. The molecule has 0 aromatic rings. The van der Waals surface area contributed by atoms with Crippen LogP contribution in [0.15, 0.2) is 0 Å². The van der Waals surface area contributed by atoms with Crippen LogP contribution in [-0.2, 0) is 14.3 Å². The van der Waals surface area contributed by atoms with Gasteiger partial charge in [0, 0.05) is 19.1 Å². The van der Waals surface area contributed by atoms with Gasteiger partial charge in [-0.25, -0.2) is 0 Å². The molecule has 0 bridgehead atoms. The highest BCUT2D eigenvalue weighted by Crippen LogP contribution is 2.20. The van der Waals surface area contributed by atoms with Crippen molar-refractivity contribution in [2.24, 2.45) is 5.41 Å². The summed E-state index contributed by atoms with van der Waals surface area (Å²) in [5, 5.41) is 0. The number of carbonyl (C=O) groups excluding carboxylic acids is 1. The molecule has 1 amide bonds. The SMILES string of the molecule is COC[C@H]1COCCN1C(=O)C(C)(C)C. The van der Waals surface area contributed by atoms with Crippen molar-refractivity contribution in [2.75, 3.05) is 33.5 Å². The topological polar surface area (TPSA) is 38.8 Å². The van der Waals surface area contributed by atoms with E-state index in [-0.39, 0.29) is 17.4 Å². The first-order valence-corrected chi connectivity index (χ1v) is 5.34. The van der Waals surface area contributed by atoms with Gasteiger partial charge in [-0.2, -0.15) is 0 Å². The molecule has 0 aromatic carbocycles. The Morgan fingerprint density at radius 1 is 1.53 bits per heavy atom. The molecule has 1 aliphatic heterocycles. The van der Waals surface area contributed by atoms with Crippen LogP contribution in [0.1, 0.15) is 20.8 Å². The molecule has 1 rings (SSSR count). The molecule has 0 spiro atoms. The molecule has 0 radical (unpaired) electrons. The molecule has 1 fully saturated rings. The van der Waals surface area contributed by atoms with Gasteiger partial charge in [0.15, 0.2) is 0 Å². The highest BCUT2D eigenvalue weighted by molar-refractivity contribution is 5.81. The second-order valence-corrected chi connectivity index (χ2v) is 4.93. The lowest BCUT2D eigenvalue weighted by Gasteiger charge is -2.38. The lowest BCUT2D eigenvalue weighted by molar-refractivity contribution is -0.150. The van der Waals surface area contributed by atoms with E-state index in [0.717, 1.165) is 0 Å². The average Bonchev–Trinajstić information content (AvgIpc) is 2.17. The van der Waals surface area contributed by atoms with E-state index in [1.54, 1.807) is 7.11 Å². The zero-order chi connectivity index (χ0) is 11.5. The summed E-state index contributed by atoms with van der Waals surface area (Å²) in [6.45, 7) is 8.24. The molecule has 1 saturated heterocycles. The van der Waals surface area contributed by atoms with E-state index < -0.39 is 0 Å². The average molecular weight is 215 g/mol. The summed E-state index contributed by atoms with van der Waals surface area (Å²) >= 11 is 0. The molecule has 0 aromatic heterocycles. The maximum absolute atomic E-state index is 12.1. The van der Waals surface area contributed by atoms with E-state index >= 15 is 0 Å². The molecule has 1 aliphatic rings. The minimum Gasteiger partial charge on any atom is -0.382 e. The van der Waals surface area contributed by atoms with Gasteiger partial charge in [0.25, 0.3) is 0 Å². The maximum Gasteiger partial charge on any atom is 0.228 e. The van der Waals surface area contributed by atoms with Crippen molar-refractivity contribution >= 4 is 5.91 Å². The van der Waals surface area contributed by atoms with Gasteiger partial charge in [-0.15, -0.1) is 0 Å². The number of ether oxygens (including phenoxy) is 2. The number of morpholine rings is 1. The first kappa shape index (κ1) is 12.5. The van der Waals surface area contributed by atoms with Crippen molar-refractivity contribution in [3.63, 3.8) is 0 Å². The predicted octanol–water partition coefficient (Wildman–Crippen LogP) is 0.906. The number of rotatable bonds is 2. The number of hydrogen-bond donors (Lipinski definition) is 0. The molecule has 0 saturated carbocycles. The van der Waals surface area contributed by atoms with Gasteiger partial charge in [0.2, 0.25) is 5.91 Å². The molecule has 0 aliphatic carbocycles. The second kappa shape index (κ2) is 4.94. The summed E-state index contributed by atoms with van der Waals surface area (Å²) in [5.74, 6) is 0.174. The highest BCUT2D eigenvalue weighted by atomic mass is 16.5. The summed E-state index contributed by atoms with van der Waals surface area (Å²) < 4.78 is 10.5. The summed E-state index contributed by atoms with van der Waals surface area (Å²) in [6, 6.07) is 0.0653. The van der Waals surface area contributed by atoms with Crippen LogP contribution in [-0.4, -0.2) is 50.3 Å². The molecule has 4 heteroatoms. The largest absolute Gasteiger partial charge is 0.382 e. The Balaban J connectivity index is 2.67. The van der Waals surface area contributed by atoms with Crippen LogP contribution in [0.5, 0.6) is 0 Å². The minimum absolute atomic E-state index is 0.0653. The first-order valence-electron chi connectivity index (χ1n) is 5.34. The standard InChI is InChI=1S/C11H21NO3/c1-11(2,3)10(13)12-5-6-15-8-9(12)7-14-4/h9H,5-8H2,1-4H3/t9-/m0/s1. The number of carbonyl (C=O) groups is 1. The van der Waals surface area contributed by atoms with Crippen molar-refractivity contribution < 1.29 is 14.3 Å². The molecular weight excluding hydrogens is 194 g/mol. The lowest BCUT2D eigenvalue weighted by Crippen LogP contribution is -2.53. The van der Waals surface area contributed by atoms with Crippen molar-refractivity contribution in [3.05, 3.63) is 0 Å². The van der Waals surface area contributed by atoms with Gasteiger partial charge in [-0.1, -0.05) is 20.8 Å². The third kappa shape index (κ3) is 3.18. The van der Waals surface area contributed by atoms with E-state index in [9.17, 15) is 4.79 Å². The lowest BCUT2D eigenvalue weighted by atomic mass is 9.93. The van der Waals surface area contributed by atoms with Crippen molar-refractivity contribution in [1.82, 2.24) is 4.90 Å². The fraction of sp³-hybridized carbons (Fsp3) is 0.909. The Morgan fingerprint density at radius 2 is 2.20 bits per heavy atom. The van der Waals surface area contributed by atoms with Gasteiger partial charge in [0.05, 0.1) is 25.9 Å². The summed E-state index contributed by atoms with van der Waals surface area (Å²) in [6.07, 6.45) is 0. The molecular formula is C11H21NO3. The molecule has 0 N–H and O–H groups in total. The van der Waals surface area contributed by atoms with Crippen LogP contribution in [0.25, 0.3) is 0 Å². The van der Waals surface area contributed by atoms with Crippen LogP contribution in [0.4, 0.5) is 0 Å². The van der Waals surface area contributed by atoms with E-state index in [2.05, 4.69) is 0 Å². The highest BCUT2D eigenvalue weighted by Gasteiger charge is 2.33. The quantitative estimate of drug-likeness (QED) is 0.687. The Labute approximate surface area is 91.5 Å². The summed E-state index contributed by atoms with van der Waals surface area (Å²) in [5.41, 5.74) is -0.330. The monoisotopic (exact) mass is 215 g/mol. The van der Waals surface area contributed by atoms with Crippen molar-refractivity contribution in [2.45, 2.75) is 26.8 Å². The third-order valence-corrected chi connectivity index (χ3v) is 2.49. The first-order chi connectivity index (χ1) is 6.96. The van der Waals surface area contributed by atoms with E-state index in [1.807, 2.05) is 25.7 Å². The van der Waals surface area contributed by atoms with Crippen LogP contribution in [0.2, 0.25) is 0 Å². The van der Waals surface area contributed by atoms with Crippen LogP contribution < -0.4 is 0 Å². The predicted molar refractivity (Wildman–Crippen MR) is 57.7 cm³/mol. The van der Waals surface area contributed by atoms with Gasteiger partial charge < -0.3 is 14.4 Å². The second-order valence-electron chi connectivity index (χ2n) is 4.93. The Kier molecular flexibility index (Phi) is 4.11. The Hall–Kier alpha value is -0.610. The summed E-state index contributed by atoms with van der Waals surface area (Å²) in [4.78, 5) is 14.0. The van der Waals surface area contributed by atoms with E-state index in [4.69, 9.17) is 9.47 Å². The number of nitrogens with zero attached hydrogens (tertiary/aromatic N) is 1. The van der Waals surface area contributed by atoms with Gasteiger partial charge >= 0.3 is 0 Å². The molecule has 1 heterocycles. The normalized spacial score (nSPS) is 22.9. The Morgan fingerprint density at radius 3 is 2.73 bits per heavy atom. The van der Waals surface area contributed by atoms with Gasteiger partial charge in [-0.3, -0.25) is 4.79 Å². The Bertz CT molecular complexity index is 220. The fourth-order valence-corrected chi connectivity index (χ4v) is 1.68. The van der Waals surface area contributed by atoms with Gasteiger partial charge in [-0.05, 0) is 0 Å². The van der Waals surface area contributed by atoms with E-state index in [0.29, 0.717) is 26.4 Å². The minimum atomic E-state index is -0.330. The molecule has 4 nitrogen and oxygen atoms in total. The molecule has 88 valence electrons. The molecule has 1 atom stereocenters. The van der Waals surface area contributed by atoms with Crippen LogP contribution in [0.3, 0.4) is 0 Å². The maximum atomic E-state index is 12.1.